The van der Waals surface area contributed by atoms with Gasteiger partial charge < -0.3 is 10.2 Å². The van der Waals surface area contributed by atoms with E-state index in [0.29, 0.717) is 0 Å². The molecule has 0 spiro atoms. The lowest BCUT2D eigenvalue weighted by Crippen LogP contribution is -2.35. The Morgan fingerprint density at radius 3 is 2.68 bits per heavy atom. The van der Waals surface area contributed by atoms with Crippen molar-refractivity contribution in [1.82, 2.24) is 10.3 Å². The van der Waals surface area contributed by atoms with Crippen LogP contribution in [0.25, 0.3) is 0 Å². The fraction of sp³-hybridized carbons (Fsp3) is 0.688. The second kappa shape index (κ2) is 5.91. The third-order valence-electron chi connectivity index (χ3n) is 3.38. The van der Waals surface area contributed by atoms with E-state index in [4.69, 9.17) is 0 Å². The quantitative estimate of drug-likeness (QED) is 0.851. The van der Waals surface area contributed by atoms with Gasteiger partial charge in [-0.1, -0.05) is 6.92 Å². The Morgan fingerprint density at radius 1 is 1.37 bits per heavy atom. The molecule has 0 unspecified atom stereocenters. The van der Waals surface area contributed by atoms with Crippen LogP contribution in [0.15, 0.2) is 18.3 Å². The second-order valence-corrected chi connectivity index (χ2v) is 6.53. The van der Waals surface area contributed by atoms with Gasteiger partial charge in [-0.3, -0.25) is 4.98 Å². The largest absolute Gasteiger partial charge is 0.368 e. The van der Waals surface area contributed by atoms with Crippen LogP contribution < -0.4 is 10.2 Å². The van der Waals surface area contributed by atoms with Crippen LogP contribution in [0.2, 0.25) is 0 Å². The summed E-state index contributed by atoms with van der Waals surface area (Å²) in [5.41, 5.74) is 2.61. The fourth-order valence-corrected chi connectivity index (χ4v) is 2.25. The van der Waals surface area contributed by atoms with Crippen molar-refractivity contribution in [1.29, 1.82) is 0 Å². The molecule has 0 saturated heterocycles. The van der Waals surface area contributed by atoms with Gasteiger partial charge >= 0.3 is 0 Å². The highest BCUT2D eigenvalue weighted by molar-refractivity contribution is 5.48. The highest BCUT2D eigenvalue weighted by atomic mass is 15.2. The van der Waals surface area contributed by atoms with E-state index >= 15 is 0 Å². The first-order chi connectivity index (χ1) is 8.99. The third kappa shape index (κ3) is 4.50. The molecule has 1 saturated carbocycles. The van der Waals surface area contributed by atoms with E-state index in [1.54, 1.807) is 0 Å². The van der Waals surface area contributed by atoms with Gasteiger partial charge in [0.25, 0.3) is 0 Å². The molecule has 1 aliphatic carbocycles. The predicted octanol–water partition coefficient (Wildman–Crippen LogP) is 3.35. The summed E-state index contributed by atoms with van der Waals surface area (Å²) in [5.74, 6) is 0. The lowest BCUT2D eigenvalue weighted by atomic mass is 10.1. The zero-order valence-electron chi connectivity index (χ0n) is 12.7. The first-order valence-corrected chi connectivity index (χ1v) is 7.46. The van der Waals surface area contributed by atoms with Crippen molar-refractivity contribution < 1.29 is 0 Å². The van der Waals surface area contributed by atoms with Crippen LogP contribution in [0, 0.1) is 0 Å². The Balaban J connectivity index is 2.05. The number of rotatable bonds is 6. The van der Waals surface area contributed by atoms with Crippen molar-refractivity contribution in [2.45, 2.75) is 65.1 Å². The van der Waals surface area contributed by atoms with E-state index in [9.17, 15) is 0 Å². The Bertz CT molecular complexity index is 405. The van der Waals surface area contributed by atoms with E-state index in [1.807, 2.05) is 6.20 Å². The third-order valence-corrected chi connectivity index (χ3v) is 3.38. The summed E-state index contributed by atoms with van der Waals surface area (Å²) in [6.07, 6.45) is 5.84. The molecule has 0 radical (unpaired) electrons. The molecule has 1 fully saturated rings. The first-order valence-electron chi connectivity index (χ1n) is 7.46. The molecule has 0 amide bonds. The summed E-state index contributed by atoms with van der Waals surface area (Å²) in [6.45, 7) is 10.8. The van der Waals surface area contributed by atoms with Crippen molar-refractivity contribution in [2.75, 3.05) is 11.4 Å². The molecule has 1 heterocycles. The molecule has 3 nitrogen and oxygen atoms in total. The van der Waals surface area contributed by atoms with Crippen LogP contribution in [0.5, 0.6) is 0 Å². The molecule has 0 atom stereocenters. The summed E-state index contributed by atoms with van der Waals surface area (Å²) in [7, 11) is 0. The molecule has 106 valence electrons. The Labute approximate surface area is 117 Å². The van der Waals surface area contributed by atoms with Gasteiger partial charge in [-0.2, -0.15) is 0 Å². The van der Waals surface area contributed by atoms with E-state index in [-0.39, 0.29) is 5.54 Å². The molecule has 0 aliphatic heterocycles. The van der Waals surface area contributed by atoms with E-state index < -0.39 is 0 Å². The minimum atomic E-state index is 0.136. The van der Waals surface area contributed by atoms with E-state index in [2.05, 4.69) is 55.0 Å². The van der Waals surface area contributed by atoms with Crippen molar-refractivity contribution >= 4 is 5.69 Å². The lowest BCUT2D eigenvalue weighted by molar-refractivity contribution is 0.421. The van der Waals surface area contributed by atoms with Gasteiger partial charge in [0, 0.05) is 36.6 Å². The number of aromatic nitrogens is 1. The van der Waals surface area contributed by atoms with Gasteiger partial charge in [0.1, 0.15) is 0 Å². The van der Waals surface area contributed by atoms with E-state index in [0.717, 1.165) is 24.8 Å². The molecule has 1 N–H and O–H groups in total. The number of hydrogen-bond donors (Lipinski definition) is 1. The molecule has 0 aromatic carbocycles. The molecule has 19 heavy (non-hydrogen) atoms. The Morgan fingerprint density at radius 2 is 2.11 bits per heavy atom. The molecule has 3 heteroatoms. The Kier molecular flexibility index (Phi) is 4.46. The van der Waals surface area contributed by atoms with Gasteiger partial charge in [0.05, 0.1) is 5.69 Å². The molecule has 0 bridgehead atoms. The van der Waals surface area contributed by atoms with Crippen LogP contribution in [-0.4, -0.2) is 23.1 Å². The normalized spacial score (nSPS) is 15.6. The Hall–Kier alpha value is -1.09. The number of nitrogens with zero attached hydrogens (tertiary/aromatic N) is 2. The van der Waals surface area contributed by atoms with Gasteiger partial charge in [-0.25, -0.2) is 0 Å². The van der Waals surface area contributed by atoms with Crippen molar-refractivity contribution in [2.24, 2.45) is 0 Å². The maximum absolute atomic E-state index is 4.48. The van der Waals surface area contributed by atoms with Crippen molar-refractivity contribution in [3.8, 4) is 0 Å². The molecule has 1 aliphatic rings. The average Bonchev–Trinajstić information content (AvgIpc) is 3.17. The zero-order chi connectivity index (χ0) is 13.9. The van der Waals surface area contributed by atoms with Crippen LogP contribution in [0.3, 0.4) is 0 Å². The number of nitrogens with one attached hydrogen (secondary N) is 1. The molecular weight excluding hydrogens is 234 g/mol. The SMILES string of the molecule is CCCN(c1ccnc(CNC(C)(C)C)c1)C1CC1. The monoisotopic (exact) mass is 261 g/mol. The van der Waals surface area contributed by atoms with Crippen LogP contribution in [0.4, 0.5) is 5.69 Å². The topological polar surface area (TPSA) is 28.2 Å². The minimum Gasteiger partial charge on any atom is -0.368 e. The van der Waals surface area contributed by atoms with Crippen LogP contribution >= 0.6 is 0 Å². The molecule has 1 aromatic heterocycles. The highest BCUT2D eigenvalue weighted by Crippen LogP contribution is 2.31. The minimum absolute atomic E-state index is 0.136. The first kappa shape index (κ1) is 14.3. The number of hydrogen-bond acceptors (Lipinski definition) is 3. The van der Waals surface area contributed by atoms with Gasteiger partial charge in [-0.05, 0) is 52.2 Å². The predicted molar refractivity (Wildman–Crippen MR) is 81.5 cm³/mol. The van der Waals surface area contributed by atoms with Crippen LogP contribution in [0.1, 0.15) is 52.7 Å². The summed E-state index contributed by atoms with van der Waals surface area (Å²) < 4.78 is 0. The van der Waals surface area contributed by atoms with E-state index in [1.165, 1.54) is 24.9 Å². The highest BCUT2D eigenvalue weighted by Gasteiger charge is 2.28. The average molecular weight is 261 g/mol. The fourth-order valence-electron chi connectivity index (χ4n) is 2.25. The van der Waals surface area contributed by atoms with Crippen molar-refractivity contribution in [3.63, 3.8) is 0 Å². The maximum atomic E-state index is 4.48. The lowest BCUT2D eigenvalue weighted by Gasteiger charge is -2.25. The molecule has 2 rings (SSSR count). The maximum Gasteiger partial charge on any atom is 0.0562 e. The number of pyridine rings is 1. The summed E-state index contributed by atoms with van der Waals surface area (Å²) in [4.78, 5) is 7.02. The summed E-state index contributed by atoms with van der Waals surface area (Å²) >= 11 is 0. The molecule has 1 aromatic rings. The van der Waals surface area contributed by atoms with Gasteiger partial charge in [0.2, 0.25) is 0 Å². The van der Waals surface area contributed by atoms with Crippen molar-refractivity contribution in [3.05, 3.63) is 24.0 Å². The second-order valence-electron chi connectivity index (χ2n) is 6.53. The summed E-state index contributed by atoms with van der Waals surface area (Å²) in [5, 5.41) is 3.50. The van der Waals surface area contributed by atoms with Gasteiger partial charge in [-0.15, -0.1) is 0 Å². The zero-order valence-corrected chi connectivity index (χ0v) is 12.7. The molecular formula is C16H27N3. The smallest absolute Gasteiger partial charge is 0.0562 e. The van der Waals surface area contributed by atoms with Gasteiger partial charge in [0.15, 0.2) is 0 Å². The van der Waals surface area contributed by atoms with Crippen LogP contribution in [-0.2, 0) is 6.54 Å². The standard InChI is InChI=1S/C16H27N3/c1-5-10-19(14-6-7-14)15-8-9-17-13(11-15)12-18-16(2,3)4/h8-9,11,14,18H,5-7,10,12H2,1-4H3. The summed E-state index contributed by atoms with van der Waals surface area (Å²) in [6, 6.07) is 5.16. The number of anilines is 1.